The number of halogens is 2. The summed E-state index contributed by atoms with van der Waals surface area (Å²) in [5, 5.41) is 5.64. The summed E-state index contributed by atoms with van der Waals surface area (Å²) < 4.78 is 10.4. The van der Waals surface area contributed by atoms with Gasteiger partial charge in [0.1, 0.15) is 6.04 Å². The van der Waals surface area contributed by atoms with Crippen LogP contribution in [-0.2, 0) is 30.3 Å². The van der Waals surface area contributed by atoms with Crippen molar-refractivity contribution < 1.29 is 38.2 Å². The smallest absolute Gasteiger partial charge is 0.338 e. The minimum absolute atomic E-state index is 0.0506. The Morgan fingerprint density at radius 3 is 1.79 bits per heavy atom. The molecule has 1 heterocycles. The summed E-state index contributed by atoms with van der Waals surface area (Å²) in [6.07, 6.45) is -0.104. The van der Waals surface area contributed by atoms with Crippen molar-refractivity contribution >= 4 is 70.1 Å². The first-order valence-corrected chi connectivity index (χ1v) is 14.9. The van der Waals surface area contributed by atoms with Crippen molar-refractivity contribution in [1.82, 2.24) is 4.90 Å². The van der Waals surface area contributed by atoms with Crippen molar-refractivity contribution in [2.24, 2.45) is 0 Å². The molecule has 0 saturated heterocycles. The first-order chi connectivity index (χ1) is 22.6. The van der Waals surface area contributed by atoms with Crippen LogP contribution in [0.5, 0.6) is 0 Å². The molecular weight excluding hydrogens is 649 g/mol. The lowest BCUT2D eigenvalue weighted by Crippen LogP contribution is -2.47. The molecule has 0 unspecified atom stereocenters. The van der Waals surface area contributed by atoms with E-state index in [1.54, 1.807) is 78.9 Å². The molecule has 13 heteroatoms. The summed E-state index contributed by atoms with van der Waals surface area (Å²) in [6, 6.07) is 23.9. The fraction of sp³-hybridized carbons (Fsp3) is 0.118. The Balaban J connectivity index is 1.29. The summed E-state index contributed by atoms with van der Waals surface area (Å²) in [5.41, 5.74) is 0.966. The highest BCUT2D eigenvalue weighted by atomic mass is 35.5. The van der Waals surface area contributed by atoms with Gasteiger partial charge in [0.05, 0.1) is 38.1 Å². The Morgan fingerprint density at radius 2 is 1.19 bits per heavy atom. The van der Waals surface area contributed by atoms with E-state index < -0.39 is 54.8 Å². The van der Waals surface area contributed by atoms with Gasteiger partial charge >= 0.3 is 11.9 Å². The second-order valence-electron chi connectivity index (χ2n) is 10.2. The van der Waals surface area contributed by atoms with E-state index in [0.29, 0.717) is 22.0 Å². The predicted molar refractivity (Wildman–Crippen MR) is 172 cm³/mol. The average molecular weight is 674 g/mol. The number of amides is 4. The van der Waals surface area contributed by atoms with Crippen LogP contribution in [0.1, 0.15) is 36.6 Å². The number of hydrogen-bond acceptors (Lipinski definition) is 8. The molecule has 47 heavy (non-hydrogen) atoms. The number of rotatable bonds is 11. The van der Waals surface area contributed by atoms with Crippen molar-refractivity contribution in [3.05, 3.63) is 129 Å². The van der Waals surface area contributed by atoms with Crippen molar-refractivity contribution in [2.75, 3.05) is 23.8 Å². The van der Waals surface area contributed by atoms with Crippen LogP contribution in [0, 0.1) is 0 Å². The van der Waals surface area contributed by atoms with E-state index in [9.17, 15) is 28.8 Å². The Labute approximate surface area is 278 Å². The maximum atomic E-state index is 13.6. The molecule has 11 nitrogen and oxygen atoms in total. The van der Waals surface area contributed by atoms with Crippen LogP contribution in [0.25, 0.3) is 0 Å². The monoisotopic (exact) mass is 673 g/mol. The van der Waals surface area contributed by atoms with Crippen molar-refractivity contribution in [1.29, 1.82) is 0 Å². The number of ether oxygens (including phenoxy) is 2. The molecule has 0 saturated carbocycles. The molecule has 1 aliphatic heterocycles. The van der Waals surface area contributed by atoms with E-state index in [0.717, 1.165) is 11.0 Å². The molecule has 0 aliphatic carbocycles. The van der Waals surface area contributed by atoms with Crippen molar-refractivity contribution in [3.8, 4) is 0 Å². The third-order valence-corrected chi connectivity index (χ3v) is 7.64. The molecule has 0 radical (unpaired) electrons. The zero-order chi connectivity index (χ0) is 33.5. The first-order valence-electron chi connectivity index (χ1n) is 14.1. The van der Waals surface area contributed by atoms with E-state index in [4.69, 9.17) is 32.7 Å². The lowest BCUT2D eigenvalue weighted by atomic mass is 10.0. The van der Waals surface area contributed by atoms with Gasteiger partial charge in [0.15, 0.2) is 13.2 Å². The number of esters is 2. The maximum Gasteiger partial charge on any atom is 0.338 e. The fourth-order valence-corrected chi connectivity index (χ4v) is 5.10. The minimum Gasteiger partial charge on any atom is -0.454 e. The predicted octanol–water partition coefficient (Wildman–Crippen LogP) is 5.18. The highest BCUT2D eigenvalue weighted by Gasteiger charge is 2.44. The lowest BCUT2D eigenvalue weighted by molar-refractivity contribution is -0.151. The summed E-state index contributed by atoms with van der Waals surface area (Å²) in [7, 11) is 0. The number of benzene rings is 4. The summed E-state index contributed by atoms with van der Waals surface area (Å²) in [6.45, 7) is -1.35. The summed E-state index contributed by atoms with van der Waals surface area (Å²) in [4.78, 5) is 78.8. The molecule has 0 aromatic heterocycles. The highest BCUT2D eigenvalue weighted by molar-refractivity contribution is 6.34. The molecule has 2 N–H and O–H groups in total. The van der Waals surface area contributed by atoms with Gasteiger partial charge in [-0.15, -0.1) is 0 Å². The van der Waals surface area contributed by atoms with E-state index in [1.165, 1.54) is 12.1 Å². The molecule has 4 aromatic rings. The quantitative estimate of drug-likeness (QED) is 0.164. The van der Waals surface area contributed by atoms with Gasteiger partial charge in [-0.25, -0.2) is 9.59 Å². The molecule has 4 amide bonds. The van der Waals surface area contributed by atoms with E-state index >= 15 is 0 Å². The number of carbonyl (C=O) groups excluding carboxylic acids is 6. The Hall–Kier alpha value is -5.52. The van der Waals surface area contributed by atoms with Crippen molar-refractivity contribution in [3.63, 3.8) is 0 Å². The fourth-order valence-electron chi connectivity index (χ4n) is 4.73. The lowest BCUT2D eigenvalue weighted by Gasteiger charge is -2.24. The zero-order valence-electron chi connectivity index (χ0n) is 24.4. The Bertz CT molecular complexity index is 1880. The largest absolute Gasteiger partial charge is 0.454 e. The zero-order valence-corrected chi connectivity index (χ0v) is 25.9. The van der Waals surface area contributed by atoms with Gasteiger partial charge in [0.25, 0.3) is 23.6 Å². The first kappa shape index (κ1) is 32.9. The number of imide groups is 1. The highest BCUT2D eigenvalue weighted by Crippen LogP contribution is 2.28. The van der Waals surface area contributed by atoms with Gasteiger partial charge in [0.2, 0.25) is 0 Å². The number of para-hydroxylation sites is 2. The average Bonchev–Trinajstić information content (AvgIpc) is 3.32. The molecule has 0 fully saturated rings. The minimum atomic E-state index is -1.44. The maximum absolute atomic E-state index is 13.6. The van der Waals surface area contributed by atoms with Crippen LogP contribution >= 0.6 is 23.2 Å². The molecule has 0 spiro atoms. The van der Waals surface area contributed by atoms with Gasteiger partial charge < -0.3 is 20.1 Å². The number of nitrogens with zero attached hydrogens (tertiary/aromatic N) is 1. The van der Waals surface area contributed by atoms with Crippen LogP contribution in [-0.4, -0.2) is 59.7 Å². The van der Waals surface area contributed by atoms with Crippen molar-refractivity contribution in [2.45, 2.75) is 12.5 Å². The second kappa shape index (κ2) is 14.7. The van der Waals surface area contributed by atoms with Crippen LogP contribution in [0.3, 0.4) is 0 Å². The second-order valence-corrected chi connectivity index (χ2v) is 11.0. The number of carbonyl (C=O) groups is 6. The molecule has 0 bridgehead atoms. The van der Waals surface area contributed by atoms with E-state index in [-0.39, 0.29) is 28.1 Å². The van der Waals surface area contributed by atoms with Gasteiger partial charge in [0, 0.05) is 6.42 Å². The normalized spacial score (nSPS) is 12.6. The van der Waals surface area contributed by atoms with Gasteiger partial charge in [-0.1, -0.05) is 77.8 Å². The molecule has 1 aliphatic rings. The van der Waals surface area contributed by atoms with Crippen LogP contribution in [0.15, 0.2) is 97.1 Å². The SMILES string of the molecule is O=C(COC(=O)c1ccc2c(c1)C(=O)N([C@H](Cc1ccccc1)C(=O)OCC(=O)Nc1ccccc1Cl)C2=O)Nc1ccccc1Cl. The third kappa shape index (κ3) is 7.83. The molecule has 238 valence electrons. The van der Waals surface area contributed by atoms with Crippen LogP contribution in [0.4, 0.5) is 11.4 Å². The molecule has 5 rings (SSSR count). The Morgan fingerprint density at radius 1 is 0.660 bits per heavy atom. The van der Waals surface area contributed by atoms with E-state index in [2.05, 4.69) is 10.6 Å². The topological polar surface area (TPSA) is 148 Å². The molecule has 1 atom stereocenters. The third-order valence-electron chi connectivity index (χ3n) is 6.99. The molecule has 4 aromatic carbocycles. The van der Waals surface area contributed by atoms with Gasteiger partial charge in [-0.05, 0) is 48.0 Å². The van der Waals surface area contributed by atoms with Gasteiger partial charge in [-0.3, -0.25) is 24.1 Å². The van der Waals surface area contributed by atoms with Gasteiger partial charge in [-0.2, -0.15) is 0 Å². The standard InChI is InChI=1S/C34H25Cl2N3O8/c35-24-10-4-6-12-26(24)37-29(40)18-46-33(44)21-14-15-22-23(17-21)32(43)39(31(22)42)28(16-20-8-2-1-3-9-20)34(45)47-19-30(41)38-27-13-7-5-11-25(27)36/h1-15,17,28H,16,18-19H2,(H,37,40)(H,38,41)/t28-/m1/s1. The summed E-state index contributed by atoms with van der Waals surface area (Å²) >= 11 is 12.1. The summed E-state index contributed by atoms with van der Waals surface area (Å²) in [5.74, 6) is -4.90. The number of nitrogens with one attached hydrogen (secondary N) is 2. The van der Waals surface area contributed by atoms with Crippen LogP contribution in [0.2, 0.25) is 10.0 Å². The van der Waals surface area contributed by atoms with Crippen LogP contribution < -0.4 is 10.6 Å². The number of fused-ring (bicyclic) bond motifs is 1. The number of anilines is 2. The van der Waals surface area contributed by atoms with E-state index in [1.807, 2.05) is 0 Å². The number of hydrogen-bond donors (Lipinski definition) is 2. The Kier molecular flexibility index (Phi) is 10.3. The molecular formula is C34H25Cl2N3O8.